The second kappa shape index (κ2) is 4.79. The number of amides is 1. The molecule has 0 saturated carbocycles. The molecule has 0 aliphatic carbocycles. The number of hydrogen-bond acceptors (Lipinski definition) is 1. The Bertz CT molecular complexity index is 347. The number of nitrogens with zero attached hydrogens (tertiary/aromatic N) is 1. The van der Waals surface area contributed by atoms with Crippen LogP contribution in [0.15, 0.2) is 28.7 Å². The first-order chi connectivity index (χ1) is 7.25. The van der Waals surface area contributed by atoms with Gasteiger partial charge < -0.3 is 4.90 Å². The molecule has 15 heavy (non-hydrogen) atoms. The molecular formula is C12H14BrNO. The number of carbonyl (C=O) groups excluding carboxylic acids is 1. The maximum atomic E-state index is 11.6. The highest BCUT2D eigenvalue weighted by Crippen LogP contribution is 2.16. The van der Waals surface area contributed by atoms with Gasteiger partial charge in [-0.15, -0.1) is 0 Å². The molecule has 1 heterocycles. The monoisotopic (exact) mass is 267 g/mol. The fraction of sp³-hybridized carbons (Fsp3) is 0.417. The topological polar surface area (TPSA) is 20.3 Å². The van der Waals surface area contributed by atoms with E-state index in [2.05, 4.69) is 28.1 Å². The number of likely N-dealkylation sites (tertiary alicyclic amines) is 1. The molecule has 0 radical (unpaired) electrons. The van der Waals surface area contributed by atoms with Crippen LogP contribution >= 0.6 is 15.9 Å². The van der Waals surface area contributed by atoms with E-state index in [-0.39, 0.29) is 0 Å². The van der Waals surface area contributed by atoms with Crippen molar-refractivity contribution in [3.8, 4) is 0 Å². The summed E-state index contributed by atoms with van der Waals surface area (Å²) in [5.41, 5.74) is 1.20. The van der Waals surface area contributed by atoms with Crippen LogP contribution in [0.3, 0.4) is 0 Å². The van der Waals surface area contributed by atoms with Crippen LogP contribution < -0.4 is 0 Å². The predicted molar refractivity (Wildman–Crippen MR) is 63.4 cm³/mol. The average Bonchev–Trinajstić information content (AvgIpc) is 2.25. The summed E-state index contributed by atoms with van der Waals surface area (Å²) < 4.78 is 1.08. The summed E-state index contributed by atoms with van der Waals surface area (Å²) in [7, 11) is 0. The molecule has 1 aromatic rings. The Morgan fingerprint density at radius 3 is 2.60 bits per heavy atom. The van der Waals surface area contributed by atoms with Gasteiger partial charge in [-0.25, -0.2) is 0 Å². The van der Waals surface area contributed by atoms with E-state index in [0.29, 0.717) is 5.91 Å². The fourth-order valence-corrected chi connectivity index (χ4v) is 2.10. The van der Waals surface area contributed by atoms with Gasteiger partial charge in [-0.3, -0.25) is 4.79 Å². The summed E-state index contributed by atoms with van der Waals surface area (Å²) in [5, 5.41) is 0. The summed E-state index contributed by atoms with van der Waals surface area (Å²) in [5.74, 6) is 0.296. The molecule has 0 bridgehead atoms. The van der Waals surface area contributed by atoms with Gasteiger partial charge in [0.05, 0.1) is 0 Å². The van der Waals surface area contributed by atoms with Gasteiger partial charge in [0, 0.05) is 24.0 Å². The third kappa shape index (κ3) is 2.81. The first kappa shape index (κ1) is 10.7. The van der Waals surface area contributed by atoms with Crippen molar-refractivity contribution in [2.45, 2.75) is 25.8 Å². The quantitative estimate of drug-likeness (QED) is 0.807. The number of hydrogen-bond donors (Lipinski definition) is 0. The largest absolute Gasteiger partial charge is 0.338 e. The lowest BCUT2D eigenvalue weighted by atomic mass is 10.1. The molecule has 2 nitrogen and oxygen atoms in total. The van der Waals surface area contributed by atoms with Crippen molar-refractivity contribution in [1.29, 1.82) is 0 Å². The normalized spacial score (nSPS) is 16.9. The third-order valence-electron chi connectivity index (χ3n) is 2.71. The van der Waals surface area contributed by atoms with E-state index in [9.17, 15) is 4.79 Å². The van der Waals surface area contributed by atoms with Crippen LogP contribution in [0.2, 0.25) is 0 Å². The zero-order chi connectivity index (χ0) is 10.7. The van der Waals surface area contributed by atoms with Gasteiger partial charge >= 0.3 is 0 Å². The Kier molecular flexibility index (Phi) is 3.41. The summed E-state index contributed by atoms with van der Waals surface area (Å²) in [6, 6.07) is 8.16. The van der Waals surface area contributed by atoms with Crippen molar-refractivity contribution in [3.05, 3.63) is 34.3 Å². The fourth-order valence-electron chi connectivity index (χ4n) is 1.84. The zero-order valence-electron chi connectivity index (χ0n) is 8.58. The Morgan fingerprint density at radius 2 is 1.93 bits per heavy atom. The maximum Gasteiger partial charge on any atom is 0.222 e. The van der Waals surface area contributed by atoms with E-state index in [1.54, 1.807) is 0 Å². The summed E-state index contributed by atoms with van der Waals surface area (Å²) in [6.07, 6.45) is 2.91. The van der Waals surface area contributed by atoms with E-state index in [1.807, 2.05) is 17.0 Å². The molecule has 0 aromatic heterocycles. The molecule has 1 aliphatic heterocycles. The smallest absolute Gasteiger partial charge is 0.222 e. The van der Waals surface area contributed by atoms with Crippen LogP contribution in [0.1, 0.15) is 24.8 Å². The first-order valence-corrected chi connectivity index (χ1v) is 6.07. The molecule has 0 unspecified atom stereocenters. The predicted octanol–water partition coefficient (Wildman–Crippen LogP) is 2.96. The maximum absolute atomic E-state index is 11.6. The van der Waals surface area contributed by atoms with Crippen LogP contribution in [0.25, 0.3) is 0 Å². The van der Waals surface area contributed by atoms with Gasteiger partial charge in [-0.1, -0.05) is 28.1 Å². The van der Waals surface area contributed by atoms with Gasteiger partial charge in [0.1, 0.15) is 0 Å². The van der Waals surface area contributed by atoms with Crippen LogP contribution in [0.4, 0.5) is 0 Å². The van der Waals surface area contributed by atoms with Crippen LogP contribution in [0.5, 0.6) is 0 Å². The lowest BCUT2D eigenvalue weighted by molar-refractivity contribution is -0.133. The van der Waals surface area contributed by atoms with Crippen molar-refractivity contribution in [1.82, 2.24) is 4.90 Å². The Labute approximate surface area is 98.4 Å². The van der Waals surface area contributed by atoms with Crippen LogP contribution in [-0.4, -0.2) is 17.4 Å². The molecular weight excluding hydrogens is 254 g/mol. The molecule has 1 aliphatic rings. The van der Waals surface area contributed by atoms with Crippen molar-refractivity contribution in [2.24, 2.45) is 0 Å². The van der Waals surface area contributed by atoms with E-state index < -0.39 is 0 Å². The van der Waals surface area contributed by atoms with E-state index in [4.69, 9.17) is 0 Å². The van der Waals surface area contributed by atoms with Gasteiger partial charge in [-0.05, 0) is 30.5 Å². The zero-order valence-corrected chi connectivity index (χ0v) is 10.2. The summed E-state index contributed by atoms with van der Waals surface area (Å²) in [6.45, 7) is 1.67. The summed E-state index contributed by atoms with van der Waals surface area (Å²) >= 11 is 3.40. The van der Waals surface area contributed by atoms with E-state index >= 15 is 0 Å². The molecule has 80 valence electrons. The molecule has 1 aromatic carbocycles. The average molecular weight is 268 g/mol. The molecule has 1 amide bonds. The van der Waals surface area contributed by atoms with Crippen molar-refractivity contribution in [3.63, 3.8) is 0 Å². The second-order valence-corrected chi connectivity index (χ2v) is 4.81. The Hall–Kier alpha value is -0.830. The standard InChI is InChI=1S/C12H14BrNO/c13-11-6-4-10(5-7-11)9-14-8-2-1-3-12(14)15/h4-7H,1-3,8-9H2. The lowest BCUT2D eigenvalue weighted by Gasteiger charge is -2.26. The van der Waals surface area contributed by atoms with Crippen molar-refractivity contribution in [2.75, 3.05) is 6.54 Å². The number of halogens is 1. The molecule has 0 N–H and O–H groups in total. The van der Waals surface area contributed by atoms with E-state index in [0.717, 1.165) is 36.8 Å². The van der Waals surface area contributed by atoms with Crippen molar-refractivity contribution >= 4 is 21.8 Å². The molecule has 0 atom stereocenters. The third-order valence-corrected chi connectivity index (χ3v) is 3.24. The molecule has 0 spiro atoms. The number of benzene rings is 1. The molecule has 1 fully saturated rings. The highest BCUT2D eigenvalue weighted by molar-refractivity contribution is 9.10. The van der Waals surface area contributed by atoms with Gasteiger partial charge in [0.25, 0.3) is 0 Å². The minimum atomic E-state index is 0.296. The first-order valence-electron chi connectivity index (χ1n) is 5.28. The number of piperidine rings is 1. The lowest BCUT2D eigenvalue weighted by Crippen LogP contribution is -2.34. The Balaban J connectivity index is 2.01. The molecule has 2 rings (SSSR count). The van der Waals surface area contributed by atoms with Gasteiger partial charge in [0.2, 0.25) is 5.91 Å². The number of rotatable bonds is 2. The SMILES string of the molecule is O=C1CCCCN1Cc1ccc(Br)cc1. The highest BCUT2D eigenvalue weighted by Gasteiger charge is 2.17. The van der Waals surface area contributed by atoms with Crippen LogP contribution in [-0.2, 0) is 11.3 Å². The minimum absolute atomic E-state index is 0.296. The molecule has 1 saturated heterocycles. The van der Waals surface area contributed by atoms with Gasteiger partial charge in [0.15, 0.2) is 0 Å². The van der Waals surface area contributed by atoms with Gasteiger partial charge in [-0.2, -0.15) is 0 Å². The van der Waals surface area contributed by atoms with Crippen molar-refractivity contribution < 1.29 is 4.79 Å². The highest BCUT2D eigenvalue weighted by atomic mass is 79.9. The summed E-state index contributed by atoms with van der Waals surface area (Å²) in [4.78, 5) is 13.5. The minimum Gasteiger partial charge on any atom is -0.338 e. The molecule has 3 heteroatoms. The van der Waals surface area contributed by atoms with E-state index in [1.165, 1.54) is 5.56 Å². The second-order valence-electron chi connectivity index (χ2n) is 3.90. The number of carbonyl (C=O) groups is 1. The Morgan fingerprint density at radius 1 is 1.20 bits per heavy atom. The van der Waals surface area contributed by atoms with Crippen LogP contribution in [0, 0.1) is 0 Å².